The normalized spacial score (nSPS) is 17.5. The van der Waals surface area contributed by atoms with Crippen molar-refractivity contribution in [3.8, 4) is 0 Å². The number of aryl methyl sites for hydroxylation is 1. The summed E-state index contributed by atoms with van der Waals surface area (Å²) < 4.78 is 14.2. The van der Waals surface area contributed by atoms with Gasteiger partial charge in [-0.3, -0.25) is 0 Å². The fourth-order valence-corrected chi connectivity index (χ4v) is 2.93. The molecule has 1 aromatic carbocycles. The maximum absolute atomic E-state index is 6.04. The van der Waals surface area contributed by atoms with Gasteiger partial charge in [0, 0.05) is 35.9 Å². The minimum absolute atomic E-state index is 0.613. The molecular formula is C17H21ClN2O2. The number of hydrogen-bond donors (Lipinski definition) is 0. The second-order valence-electron chi connectivity index (χ2n) is 5.57. The summed E-state index contributed by atoms with van der Waals surface area (Å²) in [7, 11) is 0. The molecule has 2 heterocycles. The molecule has 0 amide bonds. The largest absolute Gasteiger partial charge is 0.346 e. The van der Waals surface area contributed by atoms with Gasteiger partial charge in [-0.1, -0.05) is 23.7 Å². The van der Waals surface area contributed by atoms with Crippen LogP contribution in [0.4, 0.5) is 0 Å². The molecule has 0 spiro atoms. The van der Waals surface area contributed by atoms with E-state index in [0.717, 1.165) is 56.0 Å². The predicted molar refractivity (Wildman–Crippen MR) is 85.7 cm³/mol. The molecule has 4 nitrogen and oxygen atoms in total. The standard InChI is InChI=1S/C17H21ClN2O2/c18-16-6-4-15(5-7-16)17(21-12-3-13-22-17)8-1-2-10-20-11-9-19-14-20/h4-7,9,11,14H,1-3,8,10,12-13H2. The van der Waals surface area contributed by atoms with Gasteiger partial charge in [-0.15, -0.1) is 0 Å². The zero-order chi connectivity index (χ0) is 15.3. The topological polar surface area (TPSA) is 36.3 Å². The molecule has 0 atom stereocenters. The van der Waals surface area contributed by atoms with Crippen LogP contribution in [-0.2, 0) is 21.8 Å². The van der Waals surface area contributed by atoms with Crippen molar-refractivity contribution < 1.29 is 9.47 Å². The van der Waals surface area contributed by atoms with Crippen molar-refractivity contribution in [2.24, 2.45) is 0 Å². The monoisotopic (exact) mass is 320 g/mol. The van der Waals surface area contributed by atoms with Gasteiger partial charge in [0.2, 0.25) is 0 Å². The molecule has 22 heavy (non-hydrogen) atoms. The van der Waals surface area contributed by atoms with Crippen LogP contribution in [0.1, 0.15) is 31.2 Å². The van der Waals surface area contributed by atoms with E-state index in [2.05, 4.69) is 9.55 Å². The molecule has 1 fully saturated rings. The van der Waals surface area contributed by atoms with Crippen LogP contribution in [0.5, 0.6) is 0 Å². The van der Waals surface area contributed by atoms with Crippen molar-refractivity contribution in [1.82, 2.24) is 9.55 Å². The lowest BCUT2D eigenvalue weighted by atomic mass is 9.98. The summed E-state index contributed by atoms with van der Waals surface area (Å²) in [5, 5.41) is 0.731. The van der Waals surface area contributed by atoms with Gasteiger partial charge >= 0.3 is 0 Å². The molecule has 1 aromatic heterocycles. The number of hydrogen-bond acceptors (Lipinski definition) is 3. The van der Waals surface area contributed by atoms with Gasteiger partial charge in [0.15, 0.2) is 5.79 Å². The number of unbranched alkanes of at least 4 members (excludes halogenated alkanes) is 1. The van der Waals surface area contributed by atoms with Gasteiger partial charge in [-0.05, 0) is 31.4 Å². The van der Waals surface area contributed by atoms with E-state index < -0.39 is 5.79 Å². The Labute approximate surface area is 136 Å². The molecule has 118 valence electrons. The molecule has 0 aliphatic carbocycles. The van der Waals surface area contributed by atoms with E-state index in [0.29, 0.717) is 0 Å². The summed E-state index contributed by atoms with van der Waals surface area (Å²) in [5.41, 5.74) is 1.05. The Morgan fingerprint density at radius 1 is 1.14 bits per heavy atom. The second-order valence-corrected chi connectivity index (χ2v) is 6.00. The van der Waals surface area contributed by atoms with Crippen LogP contribution in [-0.4, -0.2) is 22.8 Å². The molecular weight excluding hydrogens is 300 g/mol. The number of benzene rings is 1. The van der Waals surface area contributed by atoms with Crippen LogP contribution >= 0.6 is 11.6 Å². The van der Waals surface area contributed by atoms with Gasteiger partial charge in [-0.2, -0.15) is 0 Å². The maximum atomic E-state index is 6.04. The van der Waals surface area contributed by atoms with Gasteiger partial charge in [0.1, 0.15) is 0 Å². The van der Waals surface area contributed by atoms with Crippen LogP contribution in [0, 0.1) is 0 Å². The van der Waals surface area contributed by atoms with Gasteiger partial charge in [-0.25, -0.2) is 4.98 Å². The van der Waals surface area contributed by atoms with Crippen LogP contribution in [0.3, 0.4) is 0 Å². The summed E-state index contributed by atoms with van der Waals surface area (Å²) in [6.07, 6.45) is 9.54. The first-order valence-electron chi connectivity index (χ1n) is 7.78. The van der Waals surface area contributed by atoms with Crippen molar-refractivity contribution in [3.63, 3.8) is 0 Å². The molecule has 0 radical (unpaired) electrons. The van der Waals surface area contributed by atoms with Gasteiger partial charge in [0.05, 0.1) is 19.5 Å². The van der Waals surface area contributed by atoms with E-state index >= 15 is 0 Å². The Morgan fingerprint density at radius 3 is 2.59 bits per heavy atom. The molecule has 0 saturated carbocycles. The second kappa shape index (κ2) is 7.27. The Morgan fingerprint density at radius 2 is 1.91 bits per heavy atom. The summed E-state index contributed by atoms with van der Waals surface area (Å²) in [4.78, 5) is 4.06. The average molecular weight is 321 g/mol. The fraction of sp³-hybridized carbons (Fsp3) is 0.471. The van der Waals surface area contributed by atoms with Gasteiger partial charge in [0.25, 0.3) is 0 Å². The van der Waals surface area contributed by atoms with E-state index in [4.69, 9.17) is 21.1 Å². The van der Waals surface area contributed by atoms with Crippen LogP contribution in [0.15, 0.2) is 43.0 Å². The van der Waals surface area contributed by atoms with Gasteiger partial charge < -0.3 is 14.0 Å². The molecule has 1 aliphatic rings. The first-order valence-corrected chi connectivity index (χ1v) is 8.16. The highest BCUT2D eigenvalue weighted by molar-refractivity contribution is 6.30. The molecule has 1 saturated heterocycles. The highest BCUT2D eigenvalue weighted by atomic mass is 35.5. The Balaban J connectivity index is 1.63. The Kier molecular flexibility index (Phi) is 5.13. The predicted octanol–water partition coefficient (Wildman–Crippen LogP) is 4.00. The minimum atomic E-state index is -0.613. The van der Waals surface area contributed by atoms with E-state index in [9.17, 15) is 0 Å². The number of ether oxygens (including phenoxy) is 2. The average Bonchev–Trinajstić information content (AvgIpc) is 3.06. The highest BCUT2D eigenvalue weighted by Crippen LogP contribution is 2.36. The lowest BCUT2D eigenvalue weighted by Gasteiger charge is -2.37. The minimum Gasteiger partial charge on any atom is -0.346 e. The number of aromatic nitrogens is 2. The van der Waals surface area contributed by atoms with E-state index in [-0.39, 0.29) is 0 Å². The van der Waals surface area contributed by atoms with E-state index in [1.54, 1.807) is 0 Å². The number of nitrogens with zero attached hydrogens (tertiary/aromatic N) is 2. The third-order valence-electron chi connectivity index (χ3n) is 3.97. The molecule has 2 aromatic rings. The van der Waals surface area contributed by atoms with Crippen molar-refractivity contribution in [3.05, 3.63) is 53.6 Å². The van der Waals surface area contributed by atoms with E-state index in [1.165, 1.54) is 0 Å². The summed E-state index contributed by atoms with van der Waals surface area (Å²) in [5.74, 6) is -0.613. The first-order chi connectivity index (χ1) is 10.8. The summed E-state index contributed by atoms with van der Waals surface area (Å²) >= 11 is 5.99. The smallest absolute Gasteiger partial charge is 0.194 e. The SMILES string of the molecule is Clc1ccc(C2(CCCCn3ccnc3)OCCCO2)cc1. The third-order valence-corrected chi connectivity index (χ3v) is 4.23. The quantitative estimate of drug-likeness (QED) is 0.755. The first kappa shape index (κ1) is 15.5. The molecule has 5 heteroatoms. The molecule has 1 aliphatic heterocycles. The third kappa shape index (κ3) is 3.69. The zero-order valence-electron chi connectivity index (χ0n) is 12.6. The van der Waals surface area contributed by atoms with Crippen molar-refractivity contribution in [2.45, 2.75) is 38.0 Å². The van der Waals surface area contributed by atoms with Crippen molar-refractivity contribution in [2.75, 3.05) is 13.2 Å². The Bertz CT molecular complexity index is 563. The summed E-state index contributed by atoms with van der Waals surface area (Å²) in [6, 6.07) is 7.80. The summed E-state index contributed by atoms with van der Waals surface area (Å²) in [6.45, 7) is 2.45. The lowest BCUT2D eigenvalue weighted by molar-refractivity contribution is -0.280. The van der Waals surface area contributed by atoms with Crippen molar-refractivity contribution in [1.29, 1.82) is 0 Å². The maximum Gasteiger partial charge on any atom is 0.194 e. The molecule has 0 bridgehead atoms. The van der Waals surface area contributed by atoms with Crippen LogP contribution < -0.4 is 0 Å². The molecule has 0 unspecified atom stereocenters. The highest BCUT2D eigenvalue weighted by Gasteiger charge is 2.36. The number of halogens is 1. The van der Waals surface area contributed by atoms with Crippen LogP contribution in [0.25, 0.3) is 0 Å². The lowest BCUT2D eigenvalue weighted by Crippen LogP contribution is -2.38. The Hall–Kier alpha value is -1.36. The van der Waals surface area contributed by atoms with E-state index in [1.807, 2.05) is 43.0 Å². The van der Waals surface area contributed by atoms with Crippen LogP contribution in [0.2, 0.25) is 5.02 Å². The zero-order valence-corrected chi connectivity index (χ0v) is 13.3. The number of rotatable bonds is 6. The molecule has 0 N–H and O–H groups in total. The number of imidazole rings is 1. The molecule has 3 rings (SSSR count). The van der Waals surface area contributed by atoms with Crippen molar-refractivity contribution >= 4 is 11.6 Å². The fourth-order valence-electron chi connectivity index (χ4n) is 2.80.